The smallest absolute Gasteiger partial charge is 0.308 e. The molecule has 4 nitrogen and oxygen atoms in total. The van der Waals surface area contributed by atoms with E-state index in [-0.39, 0.29) is 11.8 Å². The summed E-state index contributed by atoms with van der Waals surface area (Å²) >= 11 is 5.78. The molecule has 11 heteroatoms. The van der Waals surface area contributed by atoms with Crippen LogP contribution in [-0.2, 0) is 23.7 Å². The zero-order valence-corrected chi connectivity index (χ0v) is 15.9. The Kier molecular flexibility index (Phi) is 5.48. The van der Waals surface area contributed by atoms with Gasteiger partial charge in [-0.1, -0.05) is 11.6 Å². The van der Waals surface area contributed by atoms with Crippen molar-refractivity contribution >= 4 is 29.2 Å². The Morgan fingerprint density at radius 1 is 0.900 bits per heavy atom. The molecule has 30 heavy (non-hydrogen) atoms. The maximum Gasteiger partial charge on any atom is 0.416 e. The van der Waals surface area contributed by atoms with Gasteiger partial charge in [-0.25, -0.2) is 9.69 Å². The minimum atomic E-state index is -5.01. The highest BCUT2D eigenvalue weighted by atomic mass is 35.5. The van der Waals surface area contributed by atoms with Crippen molar-refractivity contribution in [2.75, 3.05) is 4.90 Å². The lowest BCUT2D eigenvalue weighted by atomic mass is 10.0. The molecule has 2 aromatic carbocycles. The van der Waals surface area contributed by atoms with E-state index in [1.54, 1.807) is 0 Å². The Labute approximate surface area is 171 Å². The maximum atomic E-state index is 13.1. The molecule has 160 valence electrons. The number of carbonyl (C=O) groups is 2. The number of nitrogens with zero attached hydrogens (tertiary/aromatic N) is 2. The van der Waals surface area contributed by atoms with Gasteiger partial charge in [0.15, 0.2) is 0 Å². The standard InChI is InChI=1S/C19H13ClF6N2O2/c1-10-16(29)28(15-4-2-14(20)3-5-15)17(30)27(10)9-11-6-12(18(21,22)23)8-13(7-11)19(24,25)26/h2-8,10H,9H2,1H3/t10-/m0/s1. The molecule has 3 amide bonds. The minimum absolute atomic E-state index is 0.00387. The van der Waals surface area contributed by atoms with Gasteiger partial charge < -0.3 is 4.90 Å². The molecule has 1 heterocycles. The molecule has 0 N–H and O–H groups in total. The molecule has 0 saturated carbocycles. The average molecular weight is 451 g/mol. The number of benzene rings is 2. The molecule has 0 radical (unpaired) electrons. The third kappa shape index (κ3) is 4.23. The van der Waals surface area contributed by atoms with Gasteiger partial charge in [-0.15, -0.1) is 0 Å². The molecular formula is C19H13ClF6N2O2. The largest absolute Gasteiger partial charge is 0.416 e. The first-order chi connectivity index (χ1) is 13.8. The lowest BCUT2D eigenvalue weighted by molar-refractivity contribution is -0.143. The van der Waals surface area contributed by atoms with Crippen LogP contribution in [0, 0.1) is 0 Å². The molecule has 1 saturated heterocycles. The van der Waals surface area contributed by atoms with Crippen molar-refractivity contribution in [1.82, 2.24) is 4.90 Å². The molecule has 0 aliphatic carbocycles. The van der Waals surface area contributed by atoms with E-state index in [0.717, 1.165) is 9.80 Å². The second kappa shape index (κ2) is 7.50. The second-order valence-corrected chi connectivity index (χ2v) is 7.09. The Bertz CT molecular complexity index is 956. The number of hydrogen-bond donors (Lipinski definition) is 0. The van der Waals surface area contributed by atoms with Gasteiger partial charge in [0.25, 0.3) is 5.91 Å². The molecule has 0 unspecified atom stereocenters. The average Bonchev–Trinajstić information content (AvgIpc) is 2.84. The quantitative estimate of drug-likeness (QED) is 0.442. The summed E-state index contributed by atoms with van der Waals surface area (Å²) in [5.74, 6) is -0.662. The fraction of sp³-hybridized carbons (Fsp3) is 0.263. The SMILES string of the molecule is C[C@H]1C(=O)N(c2ccc(Cl)cc2)C(=O)N1Cc1cc(C(F)(F)F)cc(C(F)(F)F)c1. The molecule has 3 rings (SSSR count). The van der Waals surface area contributed by atoms with Gasteiger partial charge in [0.1, 0.15) is 6.04 Å². The number of halogens is 7. The summed E-state index contributed by atoms with van der Waals surface area (Å²) in [6.45, 7) is 0.733. The predicted molar refractivity (Wildman–Crippen MR) is 95.8 cm³/mol. The molecule has 0 spiro atoms. The number of alkyl halides is 6. The van der Waals surface area contributed by atoms with Crippen molar-refractivity contribution in [1.29, 1.82) is 0 Å². The van der Waals surface area contributed by atoms with Crippen LogP contribution in [0.2, 0.25) is 5.02 Å². The van der Waals surface area contributed by atoms with Crippen molar-refractivity contribution in [2.24, 2.45) is 0 Å². The normalized spacial score (nSPS) is 17.8. The maximum absolute atomic E-state index is 13.1. The molecule has 1 aliphatic heterocycles. The number of imide groups is 1. The Morgan fingerprint density at radius 3 is 1.87 bits per heavy atom. The molecule has 1 fully saturated rings. The van der Waals surface area contributed by atoms with E-state index < -0.39 is 53.6 Å². The molecule has 0 bridgehead atoms. The summed E-state index contributed by atoms with van der Waals surface area (Å²) in [7, 11) is 0. The van der Waals surface area contributed by atoms with Gasteiger partial charge in [0.2, 0.25) is 0 Å². The highest BCUT2D eigenvalue weighted by Crippen LogP contribution is 2.37. The Balaban J connectivity index is 1.96. The third-order valence-corrected chi connectivity index (χ3v) is 4.82. The van der Waals surface area contributed by atoms with Crippen molar-refractivity contribution in [3.8, 4) is 0 Å². The molecule has 1 aliphatic rings. The van der Waals surface area contributed by atoms with Crippen LogP contribution < -0.4 is 4.90 Å². The molecule has 2 aromatic rings. The second-order valence-electron chi connectivity index (χ2n) is 6.65. The zero-order valence-electron chi connectivity index (χ0n) is 15.2. The van der Waals surface area contributed by atoms with Crippen LogP contribution in [0.1, 0.15) is 23.6 Å². The van der Waals surface area contributed by atoms with Crippen LogP contribution in [-0.4, -0.2) is 22.9 Å². The van der Waals surface area contributed by atoms with E-state index in [4.69, 9.17) is 11.6 Å². The lowest BCUT2D eigenvalue weighted by Crippen LogP contribution is -2.33. The van der Waals surface area contributed by atoms with Crippen LogP contribution >= 0.6 is 11.6 Å². The number of amides is 3. The van der Waals surface area contributed by atoms with Crippen molar-refractivity contribution in [2.45, 2.75) is 31.9 Å². The van der Waals surface area contributed by atoms with Gasteiger partial charge in [-0.05, 0) is 55.0 Å². The first kappa shape index (κ1) is 21.9. The van der Waals surface area contributed by atoms with Gasteiger partial charge in [0, 0.05) is 11.6 Å². The van der Waals surface area contributed by atoms with Crippen LogP contribution in [0.4, 0.5) is 36.8 Å². The lowest BCUT2D eigenvalue weighted by Gasteiger charge is -2.21. The van der Waals surface area contributed by atoms with Gasteiger partial charge in [-0.2, -0.15) is 26.3 Å². The molecule has 0 aromatic heterocycles. The number of rotatable bonds is 3. The Morgan fingerprint density at radius 2 is 1.40 bits per heavy atom. The first-order valence-corrected chi connectivity index (χ1v) is 8.85. The van der Waals surface area contributed by atoms with E-state index in [0.29, 0.717) is 17.2 Å². The van der Waals surface area contributed by atoms with Gasteiger partial charge >= 0.3 is 18.4 Å². The monoisotopic (exact) mass is 450 g/mol. The highest BCUT2D eigenvalue weighted by molar-refractivity contribution is 6.30. The third-order valence-electron chi connectivity index (χ3n) is 4.57. The van der Waals surface area contributed by atoms with Gasteiger partial charge in [-0.3, -0.25) is 4.79 Å². The summed E-state index contributed by atoms with van der Waals surface area (Å²) in [6.07, 6.45) is -10.0. The van der Waals surface area contributed by atoms with Crippen molar-refractivity contribution in [3.63, 3.8) is 0 Å². The van der Waals surface area contributed by atoms with E-state index in [9.17, 15) is 35.9 Å². The van der Waals surface area contributed by atoms with Crippen LogP contribution in [0.15, 0.2) is 42.5 Å². The fourth-order valence-corrected chi connectivity index (χ4v) is 3.17. The highest BCUT2D eigenvalue weighted by Gasteiger charge is 2.44. The zero-order chi connectivity index (χ0) is 22.4. The summed E-state index contributed by atoms with van der Waals surface area (Å²) in [6, 6.07) is 4.80. The number of anilines is 1. The molecular weight excluding hydrogens is 438 g/mol. The summed E-state index contributed by atoms with van der Waals surface area (Å²) < 4.78 is 78.4. The van der Waals surface area contributed by atoms with Crippen LogP contribution in [0.3, 0.4) is 0 Å². The van der Waals surface area contributed by atoms with E-state index >= 15 is 0 Å². The molecule has 1 atom stereocenters. The van der Waals surface area contributed by atoms with Crippen molar-refractivity contribution in [3.05, 3.63) is 64.2 Å². The predicted octanol–water partition coefficient (Wildman–Crippen LogP) is 5.73. The number of hydrogen-bond acceptors (Lipinski definition) is 2. The van der Waals surface area contributed by atoms with Crippen molar-refractivity contribution < 1.29 is 35.9 Å². The number of urea groups is 1. The van der Waals surface area contributed by atoms with Crippen LogP contribution in [0.25, 0.3) is 0 Å². The topological polar surface area (TPSA) is 40.6 Å². The first-order valence-electron chi connectivity index (χ1n) is 8.47. The van der Waals surface area contributed by atoms with E-state index in [2.05, 4.69) is 0 Å². The Hall–Kier alpha value is -2.75. The minimum Gasteiger partial charge on any atom is -0.308 e. The van der Waals surface area contributed by atoms with E-state index in [1.165, 1.54) is 31.2 Å². The van der Waals surface area contributed by atoms with Crippen LogP contribution in [0.5, 0.6) is 0 Å². The van der Waals surface area contributed by atoms with Gasteiger partial charge in [0.05, 0.1) is 16.8 Å². The summed E-state index contributed by atoms with van der Waals surface area (Å²) in [4.78, 5) is 27.0. The van der Waals surface area contributed by atoms with E-state index in [1.807, 2.05) is 0 Å². The fourth-order valence-electron chi connectivity index (χ4n) is 3.05. The number of carbonyl (C=O) groups excluding carboxylic acids is 2. The summed E-state index contributed by atoms with van der Waals surface area (Å²) in [5.41, 5.74) is -3.20. The summed E-state index contributed by atoms with van der Waals surface area (Å²) in [5, 5.41) is 0.353.